The largest absolute Gasteiger partial charge is 0.495 e. The van der Waals surface area contributed by atoms with E-state index in [2.05, 4.69) is 15.4 Å². The van der Waals surface area contributed by atoms with Crippen LogP contribution in [0.2, 0.25) is 0 Å². The summed E-state index contributed by atoms with van der Waals surface area (Å²) in [4.78, 5) is 8.27. The number of hydrazine groups is 1. The molecule has 0 aliphatic carbocycles. The van der Waals surface area contributed by atoms with Gasteiger partial charge in [-0.1, -0.05) is 0 Å². The molecule has 1 unspecified atom stereocenters. The third-order valence-electron chi connectivity index (χ3n) is 2.48. The lowest BCUT2D eigenvalue weighted by atomic mass is 10.1. The van der Waals surface area contributed by atoms with E-state index in [1.807, 2.05) is 11.4 Å². The lowest BCUT2D eigenvalue weighted by Crippen LogP contribution is -2.29. The van der Waals surface area contributed by atoms with Crippen molar-refractivity contribution < 1.29 is 4.74 Å². The van der Waals surface area contributed by atoms with E-state index < -0.39 is 0 Å². The minimum Gasteiger partial charge on any atom is -0.495 e. The molecule has 6 heteroatoms. The molecular formula is C11H14N4OS. The highest BCUT2D eigenvalue weighted by Gasteiger charge is 2.16. The van der Waals surface area contributed by atoms with Crippen LogP contribution in [0.1, 0.15) is 16.6 Å². The summed E-state index contributed by atoms with van der Waals surface area (Å²) in [5.41, 5.74) is 3.78. The fourth-order valence-electron chi connectivity index (χ4n) is 1.64. The minimum absolute atomic E-state index is 0.0286. The van der Waals surface area contributed by atoms with Crippen LogP contribution in [0.25, 0.3) is 0 Å². The van der Waals surface area contributed by atoms with Crippen LogP contribution in [0, 0.1) is 0 Å². The lowest BCUT2D eigenvalue weighted by Gasteiger charge is -2.17. The van der Waals surface area contributed by atoms with Gasteiger partial charge in [-0.3, -0.25) is 16.3 Å². The van der Waals surface area contributed by atoms with Gasteiger partial charge in [-0.15, -0.1) is 11.3 Å². The summed E-state index contributed by atoms with van der Waals surface area (Å²) >= 11 is 1.61. The van der Waals surface area contributed by atoms with Crippen LogP contribution in [0.15, 0.2) is 30.0 Å². The maximum Gasteiger partial charge on any atom is 0.141 e. The molecule has 0 saturated carbocycles. The van der Waals surface area contributed by atoms with Crippen molar-refractivity contribution in [2.24, 2.45) is 5.84 Å². The molecular weight excluding hydrogens is 236 g/mol. The SMILES string of the molecule is COc1cnccc1C(Cc1nccs1)NN. The van der Waals surface area contributed by atoms with Crippen molar-refractivity contribution in [3.05, 3.63) is 40.6 Å². The van der Waals surface area contributed by atoms with Gasteiger partial charge in [0.15, 0.2) is 0 Å². The molecule has 2 heterocycles. The predicted octanol–water partition coefficient (Wildman–Crippen LogP) is 1.29. The summed E-state index contributed by atoms with van der Waals surface area (Å²) in [5, 5.41) is 2.99. The highest BCUT2D eigenvalue weighted by molar-refractivity contribution is 7.09. The second-order valence-corrected chi connectivity index (χ2v) is 4.45. The Morgan fingerprint density at radius 2 is 2.41 bits per heavy atom. The van der Waals surface area contributed by atoms with Gasteiger partial charge >= 0.3 is 0 Å². The first-order chi connectivity index (χ1) is 8.35. The molecule has 0 fully saturated rings. The molecule has 0 aromatic carbocycles. The average Bonchev–Trinajstić information content (AvgIpc) is 2.89. The monoisotopic (exact) mass is 250 g/mol. The van der Waals surface area contributed by atoms with Crippen molar-refractivity contribution in [3.63, 3.8) is 0 Å². The van der Waals surface area contributed by atoms with Gasteiger partial charge in [0.1, 0.15) is 5.75 Å². The Morgan fingerprint density at radius 1 is 1.53 bits per heavy atom. The number of hydrogen-bond acceptors (Lipinski definition) is 6. The van der Waals surface area contributed by atoms with Gasteiger partial charge in [0.05, 0.1) is 24.4 Å². The summed E-state index contributed by atoms with van der Waals surface area (Å²) in [6.45, 7) is 0. The van der Waals surface area contributed by atoms with E-state index in [0.717, 1.165) is 22.7 Å². The molecule has 0 saturated heterocycles. The smallest absolute Gasteiger partial charge is 0.141 e. The van der Waals surface area contributed by atoms with E-state index >= 15 is 0 Å². The lowest BCUT2D eigenvalue weighted by molar-refractivity contribution is 0.397. The van der Waals surface area contributed by atoms with E-state index in [1.54, 1.807) is 37.0 Å². The van der Waals surface area contributed by atoms with Gasteiger partial charge in [-0.25, -0.2) is 4.98 Å². The standard InChI is InChI=1S/C11H14N4OS/c1-16-10-7-13-3-2-8(10)9(15-12)6-11-14-4-5-17-11/h2-5,7,9,15H,6,12H2,1H3. The fourth-order valence-corrected chi connectivity index (χ4v) is 2.30. The van der Waals surface area contributed by atoms with E-state index in [9.17, 15) is 0 Å². The van der Waals surface area contributed by atoms with Gasteiger partial charge in [0, 0.05) is 29.8 Å². The first-order valence-electron chi connectivity index (χ1n) is 5.17. The molecule has 0 aliphatic rings. The molecule has 5 nitrogen and oxygen atoms in total. The third-order valence-corrected chi connectivity index (χ3v) is 3.28. The van der Waals surface area contributed by atoms with Gasteiger partial charge in [0.2, 0.25) is 0 Å². The summed E-state index contributed by atoms with van der Waals surface area (Å²) in [6.07, 6.45) is 5.93. The number of pyridine rings is 1. The number of nitrogens with two attached hydrogens (primary N) is 1. The molecule has 0 aliphatic heterocycles. The molecule has 3 N–H and O–H groups in total. The topological polar surface area (TPSA) is 73.1 Å². The predicted molar refractivity (Wildman–Crippen MR) is 66.7 cm³/mol. The summed E-state index contributed by atoms with van der Waals surface area (Å²) in [6, 6.07) is 1.87. The van der Waals surface area contributed by atoms with Crippen LogP contribution in [0.3, 0.4) is 0 Å². The highest BCUT2D eigenvalue weighted by atomic mass is 32.1. The molecule has 0 spiro atoms. The van der Waals surface area contributed by atoms with Crippen LogP contribution in [-0.2, 0) is 6.42 Å². The van der Waals surface area contributed by atoms with Gasteiger partial charge in [-0.05, 0) is 6.07 Å². The number of ether oxygens (including phenoxy) is 1. The first-order valence-corrected chi connectivity index (χ1v) is 6.05. The molecule has 2 aromatic rings. The molecule has 0 radical (unpaired) electrons. The molecule has 0 bridgehead atoms. The van der Waals surface area contributed by atoms with Crippen molar-refractivity contribution in [3.8, 4) is 5.75 Å². The summed E-state index contributed by atoms with van der Waals surface area (Å²) in [5.74, 6) is 6.32. The highest BCUT2D eigenvalue weighted by Crippen LogP contribution is 2.26. The Morgan fingerprint density at radius 3 is 3.06 bits per heavy atom. The molecule has 1 atom stereocenters. The Hall–Kier alpha value is -1.50. The maximum absolute atomic E-state index is 5.60. The van der Waals surface area contributed by atoms with Crippen molar-refractivity contribution in [2.45, 2.75) is 12.5 Å². The maximum atomic E-state index is 5.60. The number of thiazole rings is 1. The second-order valence-electron chi connectivity index (χ2n) is 3.47. The first kappa shape index (κ1) is 12.0. The van der Waals surface area contributed by atoms with Crippen molar-refractivity contribution in [1.82, 2.24) is 15.4 Å². The number of nitrogens with one attached hydrogen (secondary N) is 1. The molecule has 17 heavy (non-hydrogen) atoms. The number of methoxy groups -OCH3 is 1. The zero-order valence-electron chi connectivity index (χ0n) is 9.46. The van der Waals surface area contributed by atoms with Crippen LogP contribution in [0.5, 0.6) is 5.75 Å². The molecule has 2 aromatic heterocycles. The zero-order chi connectivity index (χ0) is 12.1. The van der Waals surface area contributed by atoms with Crippen molar-refractivity contribution in [2.75, 3.05) is 7.11 Å². The molecule has 90 valence electrons. The number of rotatable bonds is 5. The summed E-state index contributed by atoms with van der Waals surface area (Å²) < 4.78 is 5.27. The number of aromatic nitrogens is 2. The quantitative estimate of drug-likeness (QED) is 0.618. The fraction of sp³-hybridized carbons (Fsp3) is 0.273. The van der Waals surface area contributed by atoms with Gasteiger partial charge in [0.25, 0.3) is 0 Å². The van der Waals surface area contributed by atoms with Crippen molar-refractivity contribution in [1.29, 1.82) is 0 Å². The minimum atomic E-state index is -0.0286. The second kappa shape index (κ2) is 5.72. The Balaban J connectivity index is 2.22. The van der Waals surface area contributed by atoms with Crippen LogP contribution in [-0.4, -0.2) is 17.1 Å². The average molecular weight is 250 g/mol. The number of hydrogen-bond donors (Lipinski definition) is 2. The van der Waals surface area contributed by atoms with Gasteiger partial charge in [-0.2, -0.15) is 0 Å². The van der Waals surface area contributed by atoms with Crippen LogP contribution >= 0.6 is 11.3 Å². The Kier molecular flexibility index (Phi) is 4.03. The van der Waals surface area contributed by atoms with E-state index in [4.69, 9.17) is 10.6 Å². The number of nitrogens with zero attached hydrogens (tertiary/aromatic N) is 2. The van der Waals surface area contributed by atoms with Crippen molar-refractivity contribution >= 4 is 11.3 Å². The Labute approximate surface area is 104 Å². The van der Waals surface area contributed by atoms with Crippen LogP contribution in [0.4, 0.5) is 0 Å². The van der Waals surface area contributed by atoms with Gasteiger partial charge < -0.3 is 4.74 Å². The van der Waals surface area contributed by atoms with E-state index in [0.29, 0.717) is 0 Å². The van der Waals surface area contributed by atoms with E-state index in [-0.39, 0.29) is 6.04 Å². The zero-order valence-corrected chi connectivity index (χ0v) is 10.3. The normalized spacial score (nSPS) is 12.4. The molecule has 0 amide bonds. The summed E-state index contributed by atoms with van der Waals surface area (Å²) in [7, 11) is 1.62. The Bertz CT molecular complexity index is 460. The van der Waals surface area contributed by atoms with E-state index in [1.165, 1.54) is 0 Å². The van der Waals surface area contributed by atoms with Crippen LogP contribution < -0.4 is 16.0 Å². The molecule has 2 rings (SSSR count). The third kappa shape index (κ3) is 2.79.